The molecule has 1 fully saturated rings. The first kappa shape index (κ1) is 15.0. The number of nitrogens with one attached hydrogen (secondary N) is 1. The van der Waals surface area contributed by atoms with Gasteiger partial charge in [0.1, 0.15) is 6.04 Å². The average molecular weight is 254 g/mol. The summed E-state index contributed by atoms with van der Waals surface area (Å²) in [6.45, 7) is 11.4. The minimum absolute atomic E-state index is 0.0350. The summed E-state index contributed by atoms with van der Waals surface area (Å²) in [6.07, 6.45) is 1.71. The molecule has 1 saturated heterocycles. The van der Waals surface area contributed by atoms with Crippen molar-refractivity contribution in [2.45, 2.75) is 53.5 Å². The molecule has 104 valence electrons. The summed E-state index contributed by atoms with van der Waals surface area (Å²) in [4.78, 5) is 25.7. The van der Waals surface area contributed by atoms with Gasteiger partial charge in [-0.3, -0.25) is 9.59 Å². The van der Waals surface area contributed by atoms with Crippen molar-refractivity contribution in [3.05, 3.63) is 0 Å². The summed E-state index contributed by atoms with van der Waals surface area (Å²) in [5.41, 5.74) is 0.0651. The Kier molecular flexibility index (Phi) is 4.77. The van der Waals surface area contributed by atoms with Crippen molar-refractivity contribution in [1.29, 1.82) is 0 Å². The minimum atomic E-state index is -0.334. The highest BCUT2D eigenvalue weighted by molar-refractivity contribution is 5.94. The number of hydrogen-bond acceptors (Lipinski definition) is 2. The molecule has 1 N–H and O–H groups in total. The molecule has 1 unspecified atom stereocenters. The van der Waals surface area contributed by atoms with E-state index in [0.29, 0.717) is 18.9 Å². The van der Waals surface area contributed by atoms with E-state index in [1.807, 2.05) is 0 Å². The Hall–Kier alpha value is -1.06. The third-order valence-electron chi connectivity index (χ3n) is 3.56. The second-order valence-corrected chi connectivity index (χ2v) is 6.46. The lowest BCUT2D eigenvalue weighted by Crippen LogP contribution is -2.59. The van der Waals surface area contributed by atoms with E-state index >= 15 is 0 Å². The molecule has 0 radical (unpaired) electrons. The fraction of sp³-hybridized carbons (Fsp3) is 0.857. The normalized spacial score (nSPS) is 21.4. The second kappa shape index (κ2) is 5.72. The van der Waals surface area contributed by atoms with E-state index in [1.54, 1.807) is 4.90 Å². The van der Waals surface area contributed by atoms with Crippen LogP contribution < -0.4 is 5.32 Å². The number of rotatable bonds is 5. The third kappa shape index (κ3) is 4.00. The highest BCUT2D eigenvalue weighted by Crippen LogP contribution is 2.23. The molecule has 0 aliphatic carbocycles. The molecule has 1 heterocycles. The van der Waals surface area contributed by atoms with Gasteiger partial charge in [-0.2, -0.15) is 0 Å². The number of hydrogen-bond donors (Lipinski definition) is 1. The van der Waals surface area contributed by atoms with Crippen LogP contribution in [0.3, 0.4) is 0 Å². The monoisotopic (exact) mass is 254 g/mol. The number of nitrogens with zero attached hydrogens (tertiary/aromatic N) is 1. The summed E-state index contributed by atoms with van der Waals surface area (Å²) >= 11 is 0. The minimum Gasteiger partial charge on any atom is -0.343 e. The molecular weight excluding hydrogens is 228 g/mol. The van der Waals surface area contributed by atoms with Crippen molar-refractivity contribution in [3.63, 3.8) is 0 Å². The first-order valence-corrected chi connectivity index (χ1v) is 6.83. The van der Waals surface area contributed by atoms with Gasteiger partial charge in [0.2, 0.25) is 11.8 Å². The van der Waals surface area contributed by atoms with Crippen LogP contribution in [-0.2, 0) is 9.59 Å². The maximum Gasteiger partial charge on any atom is 0.245 e. The first-order valence-electron chi connectivity index (χ1n) is 6.83. The topological polar surface area (TPSA) is 49.4 Å². The van der Waals surface area contributed by atoms with Crippen molar-refractivity contribution < 1.29 is 9.59 Å². The smallest absolute Gasteiger partial charge is 0.245 e. The summed E-state index contributed by atoms with van der Waals surface area (Å²) in [5.74, 6) is 0.440. The molecule has 1 aliphatic heterocycles. The Bertz CT molecular complexity index is 324. The highest BCUT2D eigenvalue weighted by Gasteiger charge is 2.35. The Morgan fingerprint density at radius 1 is 1.39 bits per heavy atom. The molecule has 4 nitrogen and oxygen atoms in total. The summed E-state index contributed by atoms with van der Waals surface area (Å²) in [5, 5.41) is 2.80. The lowest BCUT2D eigenvalue weighted by Gasteiger charge is -2.37. The van der Waals surface area contributed by atoms with Crippen LogP contribution in [0.1, 0.15) is 47.5 Å². The SMILES string of the molecule is CCC(C)(C)CN1CC(=O)NC(CC(C)C)C1=O. The zero-order valence-corrected chi connectivity index (χ0v) is 12.2. The molecule has 0 saturated carbocycles. The molecule has 0 aromatic rings. The van der Waals surface area contributed by atoms with Crippen LogP contribution in [-0.4, -0.2) is 35.8 Å². The molecule has 2 amide bonds. The molecule has 1 rings (SSSR count). The van der Waals surface area contributed by atoms with Crippen molar-refractivity contribution in [2.75, 3.05) is 13.1 Å². The number of amides is 2. The van der Waals surface area contributed by atoms with Crippen molar-refractivity contribution in [1.82, 2.24) is 10.2 Å². The van der Waals surface area contributed by atoms with E-state index in [4.69, 9.17) is 0 Å². The molecule has 0 spiro atoms. The quantitative estimate of drug-likeness (QED) is 0.813. The van der Waals surface area contributed by atoms with Gasteiger partial charge in [0.15, 0.2) is 0 Å². The Labute approximate surface area is 110 Å². The summed E-state index contributed by atoms with van der Waals surface area (Å²) in [7, 11) is 0. The molecule has 18 heavy (non-hydrogen) atoms. The van der Waals surface area contributed by atoms with Gasteiger partial charge in [0, 0.05) is 6.54 Å². The van der Waals surface area contributed by atoms with Gasteiger partial charge in [-0.1, -0.05) is 34.6 Å². The Morgan fingerprint density at radius 2 is 2.00 bits per heavy atom. The molecule has 0 bridgehead atoms. The fourth-order valence-electron chi connectivity index (χ4n) is 2.17. The summed E-state index contributed by atoms with van der Waals surface area (Å²) < 4.78 is 0. The predicted molar refractivity (Wildman–Crippen MR) is 72.0 cm³/mol. The van der Waals surface area contributed by atoms with Crippen LogP contribution >= 0.6 is 0 Å². The van der Waals surface area contributed by atoms with Gasteiger partial charge >= 0.3 is 0 Å². The number of carbonyl (C=O) groups is 2. The van der Waals surface area contributed by atoms with Crippen LogP contribution in [0.2, 0.25) is 0 Å². The van der Waals surface area contributed by atoms with E-state index in [1.165, 1.54) is 0 Å². The molecule has 4 heteroatoms. The first-order chi connectivity index (χ1) is 8.25. The van der Waals surface area contributed by atoms with Gasteiger partial charge in [-0.25, -0.2) is 0 Å². The molecule has 0 aromatic heterocycles. The molecule has 0 aromatic carbocycles. The van der Waals surface area contributed by atoms with Gasteiger partial charge in [0.25, 0.3) is 0 Å². The van der Waals surface area contributed by atoms with Gasteiger partial charge < -0.3 is 10.2 Å². The maximum atomic E-state index is 12.3. The largest absolute Gasteiger partial charge is 0.343 e. The van der Waals surface area contributed by atoms with Crippen LogP contribution in [0.25, 0.3) is 0 Å². The van der Waals surface area contributed by atoms with Crippen LogP contribution in [0.4, 0.5) is 0 Å². The third-order valence-corrected chi connectivity index (χ3v) is 3.56. The van der Waals surface area contributed by atoms with E-state index in [-0.39, 0.29) is 29.8 Å². The van der Waals surface area contributed by atoms with Crippen molar-refractivity contribution >= 4 is 11.8 Å². The van der Waals surface area contributed by atoms with Gasteiger partial charge in [-0.15, -0.1) is 0 Å². The standard InChI is InChI=1S/C14H26N2O2/c1-6-14(4,5)9-16-8-12(17)15-11(13(16)18)7-10(2)3/h10-11H,6-9H2,1-5H3,(H,15,17). The average Bonchev–Trinajstić information content (AvgIpc) is 2.23. The zero-order chi connectivity index (χ0) is 13.9. The van der Waals surface area contributed by atoms with Crippen LogP contribution in [0.5, 0.6) is 0 Å². The van der Waals surface area contributed by atoms with Crippen molar-refractivity contribution in [3.8, 4) is 0 Å². The Balaban J connectivity index is 2.73. The zero-order valence-electron chi connectivity index (χ0n) is 12.2. The van der Waals surface area contributed by atoms with E-state index in [2.05, 4.69) is 39.9 Å². The lowest BCUT2D eigenvalue weighted by atomic mass is 9.89. The summed E-state index contributed by atoms with van der Waals surface area (Å²) in [6, 6.07) is -0.334. The van der Waals surface area contributed by atoms with Crippen molar-refractivity contribution in [2.24, 2.45) is 11.3 Å². The predicted octanol–water partition coefficient (Wildman–Crippen LogP) is 1.80. The number of piperazine rings is 1. The molecule has 1 aliphatic rings. The lowest BCUT2D eigenvalue weighted by molar-refractivity contribution is -0.146. The van der Waals surface area contributed by atoms with Gasteiger partial charge in [-0.05, 0) is 24.2 Å². The van der Waals surface area contributed by atoms with Gasteiger partial charge in [0.05, 0.1) is 6.54 Å². The highest BCUT2D eigenvalue weighted by atomic mass is 16.2. The van der Waals surface area contributed by atoms with E-state index < -0.39 is 0 Å². The maximum absolute atomic E-state index is 12.3. The second-order valence-electron chi connectivity index (χ2n) is 6.46. The molecular formula is C14H26N2O2. The number of carbonyl (C=O) groups excluding carboxylic acids is 2. The van der Waals surface area contributed by atoms with E-state index in [9.17, 15) is 9.59 Å². The molecule has 1 atom stereocenters. The fourth-order valence-corrected chi connectivity index (χ4v) is 2.17. The Morgan fingerprint density at radius 3 is 2.50 bits per heavy atom. The van der Waals surface area contributed by atoms with E-state index in [0.717, 1.165) is 6.42 Å². The van der Waals surface area contributed by atoms with Crippen LogP contribution in [0.15, 0.2) is 0 Å². The van der Waals surface area contributed by atoms with Crippen LogP contribution in [0, 0.1) is 11.3 Å².